The highest BCUT2D eigenvalue weighted by Gasteiger charge is 2.25. The van der Waals surface area contributed by atoms with Gasteiger partial charge in [0, 0.05) is 0 Å². The van der Waals surface area contributed by atoms with Gasteiger partial charge in [-0.15, -0.1) is 0 Å². The zero-order chi connectivity index (χ0) is 8.27. The van der Waals surface area contributed by atoms with Crippen LogP contribution in [0.5, 0.6) is 0 Å². The summed E-state index contributed by atoms with van der Waals surface area (Å²) >= 11 is 0. The lowest BCUT2D eigenvalue weighted by molar-refractivity contribution is 0.186. The maximum Gasteiger partial charge on any atom is -0.00461 e. The lowest BCUT2D eigenvalue weighted by Crippen LogP contribution is -2.29. The summed E-state index contributed by atoms with van der Waals surface area (Å²) in [6, 6.07) is 0. The number of nitrogens with two attached hydrogens (primary N) is 1. The number of rotatable bonds is 2. The maximum absolute atomic E-state index is 5.73. The van der Waals surface area contributed by atoms with Crippen LogP contribution in [0.2, 0.25) is 0 Å². The fourth-order valence-electron chi connectivity index (χ4n) is 2.41. The number of hydrogen-bond acceptors (Lipinski definition) is 1. The lowest BCUT2D eigenvalue weighted by atomic mass is 9.74. The van der Waals surface area contributed by atoms with Crippen LogP contribution in [-0.2, 0) is 0 Å². The van der Waals surface area contributed by atoms with Crippen molar-refractivity contribution in [1.29, 1.82) is 0 Å². The minimum absolute atomic E-state index is 0.823. The average Bonchev–Trinajstić information content (AvgIpc) is 2.04. The summed E-state index contributed by atoms with van der Waals surface area (Å²) in [7, 11) is 0. The average molecular weight is 155 g/mol. The van der Waals surface area contributed by atoms with E-state index in [1.54, 1.807) is 0 Å². The fraction of sp³-hybridized carbons (Fsp3) is 1.00. The fourth-order valence-corrected chi connectivity index (χ4v) is 2.41. The first-order valence-electron chi connectivity index (χ1n) is 4.95. The predicted octanol–water partition coefficient (Wildman–Crippen LogP) is 2.41. The van der Waals surface area contributed by atoms with Crippen LogP contribution in [0, 0.1) is 17.8 Å². The third-order valence-corrected chi connectivity index (χ3v) is 3.13. The van der Waals surface area contributed by atoms with Crippen LogP contribution in [0.3, 0.4) is 0 Å². The Morgan fingerprint density at radius 3 is 2.36 bits per heavy atom. The molecule has 2 atom stereocenters. The van der Waals surface area contributed by atoms with Crippen LogP contribution in [-0.4, -0.2) is 6.54 Å². The summed E-state index contributed by atoms with van der Waals surface area (Å²) in [5.41, 5.74) is 5.73. The van der Waals surface area contributed by atoms with E-state index < -0.39 is 0 Å². The quantitative estimate of drug-likeness (QED) is 0.651. The van der Waals surface area contributed by atoms with E-state index in [2.05, 4.69) is 13.8 Å². The van der Waals surface area contributed by atoms with Gasteiger partial charge in [0.15, 0.2) is 0 Å². The largest absolute Gasteiger partial charge is 0.330 e. The molecule has 0 amide bonds. The molecule has 1 aliphatic rings. The van der Waals surface area contributed by atoms with E-state index in [9.17, 15) is 0 Å². The van der Waals surface area contributed by atoms with Crippen LogP contribution in [0.1, 0.15) is 39.5 Å². The molecule has 0 aromatic rings. The second-order valence-electron chi connectivity index (χ2n) is 4.19. The van der Waals surface area contributed by atoms with E-state index >= 15 is 0 Å². The molecular weight excluding hydrogens is 134 g/mol. The Kier molecular flexibility index (Phi) is 3.38. The van der Waals surface area contributed by atoms with Crippen LogP contribution < -0.4 is 5.73 Å². The predicted molar refractivity (Wildman–Crippen MR) is 49.3 cm³/mol. The van der Waals surface area contributed by atoms with Gasteiger partial charge >= 0.3 is 0 Å². The van der Waals surface area contributed by atoms with Crippen molar-refractivity contribution in [2.45, 2.75) is 39.5 Å². The van der Waals surface area contributed by atoms with Gasteiger partial charge in [0.1, 0.15) is 0 Å². The summed E-state index contributed by atoms with van der Waals surface area (Å²) in [6.07, 6.45) is 5.63. The SMILES string of the molecule is CC(C)[C@H]1CCCC[C@H]1CN. The Balaban J connectivity index is 2.44. The van der Waals surface area contributed by atoms with Gasteiger partial charge in [-0.25, -0.2) is 0 Å². The summed E-state index contributed by atoms with van der Waals surface area (Å²) in [5.74, 6) is 2.57. The monoisotopic (exact) mass is 155 g/mol. The molecule has 0 bridgehead atoms. The highest BCUT2D eigenvalue weighted by Crippen LogP contribution is 2.34. The molecule has 11 heavy (non-hydrogen) atoms. The van der Waals surface area contributed by atoms with Crippen molar-refractivity contribution in [3.8, 4) is 0 Å². The molecule has 1 aliphatic carbocycles. The minimum Gasteiger partial charge on any atom is -0.330 e. The van der Waals surface area contributed by atoms with E-state index in [0.29, 0.717) is 0 Å². The molecule has 0 spiro atoms. The van der Waals surface area contributed by atoms with Crippen molar-refractivity contribution in [1.82, 2.24) is 0 Å². The second kappa shape index (κ2) is 4.10. The lowest BCUT2D eigenvalue weighted by Gasteiger charge is -2.33. The summed E-state index contributed by atoms with van der Waals surface area (Å²) in [4.78, 5) is 0. The molecule has 1 nitrogen and oxygen atoms in total. The summed E-state index contributed by atoms with van der Waals surface area (Å²) in [5, 5.41) is 0. The van der Waals surface area contributed by atoms with Crippen molar-refractivity contribution < 1.29 is 0 Å². The van der Waals surface area contributed by atoms with E-state index in [4.69, 9.17) is 5.73 Å². The molecule has 0 aromatic carbocycles. The second-order valence-corrected chi connectivity index (χ2v) is 4.19. The maximum atomic E-state index is 5.73. The standard InChI is InChI=1S/C10H21N/c1-8(2)10-6-4-3-5-9(10)7-11/h8-10H,3-7,11H2,1-2H3/t9-,10+/m0/s1. The molecular formula is C10H21N. The molecule has 1 saturated carbocycles. The van der Waals surface area contributed by atoms with Gasteiger partial charge in [-0.2, -0.15) is 0 Å². The normalized spacial score (nSPS) is 32.7. The number of hydrogen-bond donors (Lipinski definition) is 1. The molecule has 1 fully saturated rings. The van der Waals surface area contributed by atoms with Crippen molar-refractivity contribution in [2.75, 3.05) is 6.54 Å². The van der Waals surface area contributed by atoms with Gasteiger partial charge in [0.2, 0.25) is 0 Å². The van der Waals surface area contributed by atoms with E-state index in [0.717, 1.165) is 24.3 Å². The van der Waals surface area contributed by atoms with Gasteiger partial charge in [-0.1, -0.05) is 26.7 Å². The molecule has 1 rings (SSSR count). The Morgan fingerprint density at radius 1 is 1.27 bits per heavy atom. The van der Waals surface area contributed by atoms with Gasteiger partial charge in [-0.05, 0) is 37.1 Å². The van der Waals surface area contributed by atoms with Crippen molar-refractivity contribution in [2.24, 2.45) is 23.5 Å². The van der Waals surface area contributed by atoms with Crippen molar-refractivity contribution >= 4 is 0 Å². The van der Waals surface area contributed by atoms with Crippen LogP contribution in [0.25, 0.3) is 0 Å². The third kappa shape index (κ3) is 2.19. The van der Waals surface area contributed by atoms with Gasteiger partial charge < -0.3 is 5.73 Å². The Hall–Kier alpha value is -0.0400. The molecule has 0 aliphatic heterocycles. The van der Waals surface area contributed by atoms with Crippen LogP contribution in [0.4, 0.5) is 0 Å². The summed E-state index contributed by atoms with van der Waals surface area (Å²) < 4.78 is 0. The van der Waals surface area contributed by atoms with E-state index in [1.807, 2.05) is 0 Å². The minimum atomic E-state index is 0.823. The Morgan fingerprint density at radius 2 is 1.91 bits per heavy atom. The molecule has 0 aromatic heterocycles. The first-order valence-corrected chi connectivity index (χ1v) is 4.95. The molecule has 1 heteroatoms. The van der Waals surface area contributed by atoms with Gasteiger partial charge in [0.25, 0.3) is 0 Å². The first-order chi connectivity index (χ1) is 5.25. The first kappa shape index (κ1) is 9.05. The molecule has 66 valence electrons. The molecule has 0 unspecified atom stereocenters. The van der Waals surface area contributed by atoms with Crippen LogP contribution in [0.15, 0.2) is 0 Å². The summed E-state index contributed by atoms with van der Waals surface area (Å²) in [6.45, 7) is 5.57. The molecule has 0 saturated heterocycles. The highest BCUT2D eigenvalue weighted by molar-refractivity contribution is 4.77. The topological polar surface area (TPSA) is 26.0 Å². The molecule has 0 radical (unpaired) electrons. The highest BCUT2D eigenvalue weighted by atomic mass is 14.6. The smallest absolute Gasteiger partial charge is 0.00461 e. The van der Waals surface area contributed by atoms with Crippen LogP contribution >= 0.6 is 0 Å². The van der Waals surface area contributed by atoms with Gasteiger partial charge in [0.05, 0.1) is 0 Å². The Labute approximate surface area is 70.4 Å². The Bertz CT molecular complexity index is 109. The zero-order valence-electron chi connectivity index (χ0n) is 7.84. The molecule has 0 heterocycles. The van der Waals surface area contributed by atoms with E-state index in [-0.39, 0.29) is 0 Å². The van der Waals surface area contributed by atoms with E-state index in [1.165, 1.54) is 25.7 Å². The molecule has 2 N–H and O–H groups in total. The zero-order valence-corrected chi connectivity index (χ0v) is 7.84. The van der Waals surface area contributed by atoms with Crippen molar-refractivity contribution in [3.63, 3.8) is 0 Å². The van der Waals surface area contributed by atoms with Crippen molar-refractivity contribution in [3.05, 3.63) is 0 Å². The van der Waals surface area contributed by atoms with Gasteiger partial charge in [-0.3, -0.25) is 0 Å². The third-order valence-electron chi connectivity index (χ3n) is 3.13.